The first kappa shape index (κ1) is 20.5. The Morgan fingerprint density at radius 2 is 1.69 bits per heavy atom. The van der Waals surface area contributed by atoms with Crippen molar-refractivity contribution in [1.29, 1.82) is 0 Å². The number of amides is 1. The highest BCUT2D eigenvalue weighted by Crippen LogP contribution is 2.22. The van der Waals surface area contributed by atoms with Crippen LogP contribution in [0.5, 0.6) is 0 Å². The van der Waals surface area contributed by atoms with E-state index in [4.69, 9.17) is 0 Å². The van der Waals surface area contributed by atoms with E-state index < -0.39 is 9.84 Å². The molecule has 0 unspecified atom stereocenters. The zero-order valence-corrected chi connectivity index (χ0v) is 16.9. The Bertz CT molecular complexity index is 818. The third-order valence-electron chi connectivity index (χ3n) is 4.15. The first-order valence-electron chi connectivity index (χ1n) is 8.57. The van der Waals surface area contributed by atoms with Crippen LogP contribution in [0.25, 0.3) is 0 Å². The molecule has 0 aromatic heterocycles. The Balaban J connectivity index is 1.96. The molecule has 0 spiro atoms. The molecule has 0 saturated heterocycles. The van der Waals surface area contributed by atoms with Gasteiger partial charge < -0.3 is 5.32 Å². The maximum Gasteiger partial charge on any atom is 0.233 e. The van der Waals surface area contributed by atoms with E-state index in [0.717, 1.165) is 17.7 Å². The Kier molecular flexibility index (Phi) is 7.29. The molecule has 0 bridgehead atoms. The van der Waals surface area contributed by atoms with Crippen molar-refractivity contribution >= 4 is 27.5 Å². The second-order valence-electron chi connectivity index (χ2n) is 6.25. The minimum atomic E-state index is -3.21. The number of nitrogens with one attached hydrogen (secondary N) is 1. The molecule has 1 amide bonds. The Morgan fingerprint density at radius 3 is 2.23 bits per heavy atom. The van der Waals surface area contributed by atoms with Crippen molar-refractivity contribution in [1.82, 2.24) is 5.32 Å². The Labute approximate surface area is 160 Å². The van der Waals surface area contributed by atoms with E-state index in [-0.39, 0.29) is 22.1 Å². The van der Waals surface area contributed by atoms with Gasteiger partial charge in [0, 0.05) is 12.0 Å². The largest absolute Gasteiger partial charge is 0.348 e. The molecule has 140 valence electrons. The van der Waals surface area contributed by atoms with Crippen molar-refractivity contribution in [2.24, 2.45) is 0 Å². The summed E-state index contributed by atoms with van der Waals surface area (Å²) in [5, 5.41) is 2.90. The minimum absolute atomic E-state index is 0.00929. The number of sulfone groups is 1. The standard InChI is InChI=1S/C20H25NO3S2/c1-4-19(17-10-12-18(13-11-17)26(3,23)24)21-20(22)15(2)25-14-16-8-6-5-7-9-16/h5-13,15,19H,4,14H2,1-3H3,(H,21,22)/t15-,19+/m0/s1. The van der Waals surface area contributed by atoms with Crippen molar-refractivity contribution in [3.8, 4) is 0 Å². The van der Waals surface area contributed by atoms with Crippen LogP contribution in [0.3, 0.4) is 0 Å². The lowest BCUT2D eigenvalue weighted by atomic mass is 10.0. The molecule has 0 heterocycles. The fraction of sp³-hybridized carbons (Fsp3) is 0.350. The maximum absolute atomic E-state index is 12.5. The van der Waals surface area contributed by atoms with Crippen molar-refractivity contribution in [3.05, 3.63) is 65.7 Å². The van der Waals surface area contributed by atoms with Gasteiger partial charge in [0.05, 0.1) is 16.2 Å². The van der Waals surface area contributed by atoms with Crippen LogP contribution in [0.2, 0.25) is 0 Å². The Hall–Kier alpha value is -1.79. The van der Waals surface area contributed by atoms with Crippen LogP contribution in [0.1, 0.15) is 37.4 Å². The first-order chi connectivity index (χ1) is 12.3. The molecule has 4 nitrogen and oxygen atoms in total. The van der Waals surface area contributed by atoms with E-state index in [1.807, 2.05) is 32.0 Å². The molecule has 26 heavy (non-hydrogen) atoms. The SMILES string of the molecule is CC[C@@H](NC(=O)[C@H](C)SCc1ccccc1)c1ccc(S(C)(=O)=O)cc1. The van der Waals surface area contributed by atoms with Gasteiger partial charge in [-0.05, 0) is 36.6 Å². The van der Waals surface area contributed by atoms with E-state index in [9.17, 15) is 13.2 Å². The Morgan fingerprint density at radius 1 is 1.08 bits per heavy atom. The molecule has 0 radical (unpaired) electrons. The summed E-state index contributed by atoms with van der Waals surface area (Å²) in [5.41, 5.74) is 2.11. The summed E-state index contributed by atoms with van der Waals surface area (Å²) in [6, 6.07) is 16.7. The number of carbonyl (C=O) groups excluding carboxylic acids is 1. The van der Waals surface area contributed by atoms with Gasteiger partial charge in [-0.3, -0.25) is 4.79 Å². The predicted octanol–water partition coefficient (Wildman–Crippen LogP) is 3.98. The summed E-state index contributed by atoms with van der Waals surface area (Å²) in [6.45, 7) is 3.90. The third kappa shape index (κ3) is 5.88. The highest BCUT2D eigenvalue weighted by atomic mass is 32.2. The molecular formula is C20H25NO3S2. The lowest BCUT2D eigenvalue weighted by molar-refractivity contribution is -0.121. The van der Waals surface area contributed by atoms with Crippen molar-refractivity contribution in [3.63, 3.8) is 0 Å². The van der Waals surface area contributed by atoms with Crippen molar-refractivity contribution < 1.29 is 13.2 Å². The van der Waals surface area contributed by atoms with Gasteiger partial charge in [-0.25, -0.2) is 8.42 Å². The molecule has 2 aromatic carbocycles. The summed E-state index contributed by atoms with van der Waals surface area (Å²) in [7, 11) is -3.21. The molecule has 0 aliphatic rings. The average Bonchev–Trinajstić information content (AvgIpc) is 2.64. The zero-order valence-electron chi connectivity index (χ0n) is 15.3. The average molecular weight is 392 g/mol. The molecule has 6 heteroatoms. The lowest BCUT2D eigenvalue weighted by Gasteiger charge is -2.20. The zero-order chi connectivity index (χ0) is 19.2. The highest BCUT2D eigenvalue weighted by molar-refractivity contribution is 7.99. The van der Waals surface area contributed by atoms with Gasteiger partial charge in [-0.15, -0.1) is 11.8 Å². The minimum Gasteiger partial charge on any atom is -0.348 e. The van der Waals surface area contributed by atoms with Gasteiger partial charge in [-0.1, -0.05) is 49.4 Å². The van der Waals surface area contributed by atoms with Gasteiger partial charge in [0.25, 0.3) is 0 Å². The van der Waals surface area contributed by atoms with Crippen molar-refractivity contribution in [2.45, 2.75) is 42.2 Å². The summed E-state index contributed by atoms with van der Waals surface area (Å²) in [6.07, 6.45) is 1.92. The normalized spacial score (nSPS) is 13.8. The lowest BCUT2D eigenvalue weighted by Crippen LogP contribution is -2.34. The maximum atomic E-state index is 12.5. The molecule has 0 fully saturated rings. The second kappa shape index (κ2) is 9.24. The summed E-state index contributed by atoms with van der Waals surface area (Å²) >= 11 is 1.60. The van der Waals surface area contributed by atoms with Crippen LogP contribution >= 0.6 is 11.8 Å². The van der Waals surface area contributed by atoms with E-state index in [1.165, 1.54) is 11.8 Å². The van der Waals surface area contributed by atoms with Gasteiger partial charge in [0.2, 0.25) is 5.91 Å². The molecule has 1 N–H and O–H groups in total. The van der Waals surface area contributed by atoms with Crippen LogP contribution in [-0.2, 0) is 20.4 Å². The monoisotopic (exact) mass is 391 g/mol. The van der Waals surface area contributed by atoms with Gasteiger partial charge in [0.1, 0.15) is 0 Å². The molecule has 0 aliphatic carbocycles. The predicted molar refractivity (Wildman–Crippen MR) is 108 cm³/mol. The molecule has 0 aliphatic heterocycles. The van der Waals surface area contributed by atoms with Crippen LogP contribution in [0, 0.1) is 0 Å². The summed E-state index contributed by atoms with van der Waals surface area (Å²) < 4.78 is 23.1. The van der Waals surface area contributed by atoms with Gasteiger partial charge >= 0.3 is 0 Å². The third-order valence-corrected chi connectivity index (χ3v) is 6.49. The van der Waals surface area contributed by atoms with E-state index in [1.54, 1.807) is 36.0 Å². The topological polar surface area (TPSA) is 63.2 Å². The quantitative estimate of drug-likeness (QED) is 0.739. The number of benzene rings is 2. The van der Waals surface area contributed by atoms with Gasteiger partial charge in [0.15, 0.2) is 9.84 Å². The molecule has 2 aromatic rings. The molecule has 2 rings (SSSR count). The van der Waals surface area contributed by atoms with Crippen molar-refractivity contribution in [2.75, 3.05) is 6.26 Å². The van der Waals surface area contributed by atoms with Crippen LogP contribution in [0.15, 0.2) is 59.5 Å². The van der Waals surface area contributed by atoms with E-state index in [2.05, 4.69) is 17.4 Å². The van der Waals surface area contributed by atoms with Crippen LogP contribution in [-0.4, -0.2) is 25.8 Å². The van der Waals surface area contributed by atoms with Crippen LogP contribution < -0.4 is 5.32 Å². The summed E-state index contributed by atoms with van der Waals surface area (Å²) in [4.78, 5) is 12.8. The first-order valence-corrected chi connectivity index (χ1v) is 11.5. The molecule has 0 saturated carbocycles. The van der Waals surface area contributed by atoms with E-state index >= 15 is 0 Å². The molecule has 2 atom stereocenters. The molecular weight excluding hydrogens is 366 g/mol. The fourth-order valence-electron chi connectivity index (χ4n) is 2.53. The number of carbonyl (C=O) groups is 1. The number of thioether (sulfide) groups is 1. The highest BCUT2D eigenvalue weighted by Gasteiger charge is 2.19. The number of rotatable bonds is 8. The number of hydrogen-bond donors (Lipinski definition) is 1. The van der Waals surface area contributed by atoms with Crippen LogP contribution in [0.4, 0.5) is 0 Å². The second-order valence-corrected chi connectivity index (χ2v) is 9.59. The fourth-order valence-corrected chi connectivity index (χ4v) is 4.01. The summed E-state index contributed by atoms with van der Waals surface area (Å²) in [5.74, 6) is 0.778. The van der Waals surface area contributed by atoms with E-state index in [0.29, 0.717) is 0 Å². The smallest absolute Gasteiger partial charge is 0.233 e. The van der Waals surface area contributed by atoms with Gasteiger partial charge in [-0.2, -0.15) is 0 Å². The number of hydrogen-bond acceptors (Lipinski definition) is 4.